The maximum absolute atomic E-state index is 14.0. The van der Waals surface area contributed by atoms with Gasteiger partial charge < -0.3 is 10.1 Å². The molecule has 2 aromatic carbocycles. The topological polar surface area (TPSA) is 53.1 Å². The smallest absolute Gasteiger partial charge is 0.310 e. The average Bonchev–Trinajstić information content (AvgIpc) is 2.86. The van der Waals surface area contributed by atoms with Gasteiger partial charge in [-0.25, -0.2) is 13.2 Å². The summed E-state index contributed by atoms with van der Waals surface area (Å²) in [6.45, 7) is 1.43. The van der Waals surface area contributed by atoms with Crippen LogP contribution in [-0.4, -0.2) is 16.1 Å². The van der Waals surface area contributed by atoms with Crippen molar-refractivity contribution in [3.8, 4) is 11.3 Å². The number of rotatable bonds is 3. The molecule has 0 saturated carbocycles. The predicted molar refractivity (Wildman–Crippen MR) is 79.7 cm³/mol. The molecular formula is C17H12F3NO2. The number of aliphatic carboxylic acids is 1. The van der Waals surface area contributed by atoms with E-state index in [1.54, 1.807) is 0 Å². The van der Waals surface area contributed by atoms with Crippen molar-refractivity contribution in [2.45, 2.75) is 12.8 Å². The Balaban J connectivity index is 2.36. The third-order valence-corrected chi connectivity index (χ3v) is 3.80. The van der Waals surface area contributed by atoms with Gasteiger partial charge in [0.25, 0.3) is 0 Å². The van der Waals surface area contributed by atoms with Crippen LogP contribution in [0.2, 0.25) is 0 Å². The summed E-state index contributed by atoms with van der Waals surface area (Å²) in [7, 11) is 0. The van der Waals surface area contributed by atoms with E-state index < -0.39 is 29.3 Å². The van der Waals surface area contributed by atoms with E-state index in [9.17, 15) is 23.1 Å². The summed E-state index contributed by atoms with van der Waals surface area (Å²) >= 11 is 0. The summed E-state index contributed by atoms with van der Waals surface area (Å²) in [5.74, 6) is -4.18. The summed E-state index contributed by atoms with van der Waals surface area (Å²) in [5, 5.41) is 9.47. The van der Waals surface area contributed by atoms with E-state index in [1.165, 1.54) is 31.2 Å². The van der Waals surface area contributed by atoms with E-state index in [4.69, 9.17) is 0 Å². The molecule has 23 heavy (non-hydrogen) atoms. The van der Waals surface area contributed by atoms with Crippen LogP contribution in [0.3, 0.4) is 0 Å². The number of aromatic amines is 1. The number of H-pyrrole nitrogens is 1. The molecule has 6 heteroatoms. The minimum atomic E-state index is -1.13. The molecule has 3 rings (SSSR count). The van der Waals surface area contributed by atoms with E-state index in [0.717, 1.165) is 12.1 Å². The van der Waals surface area contributed by atoms with Gasteiger partial charge in [-0.3, -0.25) is 4.79 Å². The summed E-state index contributed by atoms with van der Waals surface area (Å²) in [5.41, 5.74) is 1.11. The number of hydrogen-bond donors (Lipinski definition) is 2. The lowest BCUT2D eigenvalue weighted by atomic mass is 9.94. The van der Waals surface area contributed by atoms with Crippen molar-refractivity contribution >= 4 is 16.9 Å². The third-order valence-electron chi connectivity index (χ3n) is 3.80. The number of benzene rings is 2. The van der Waals surface area contributed by atoms with Gasteiger partial charge in [-0.1, -0.05) is 0 Å². The molecule has 0 fully saturated rings. The van der Waals surface area contributed by atoms with Gasteiger partial charge in [-0.05, 0) is 48.4 Å². The monoisotopic (exact) mass is 319 g/mol. The lowest BCUT2D eigenvalue weighted by molar-refractivity contribution is -0.138. The Morgan fingerprint density at radius 1 is 1.09 bits per heavy atom. The van der Waals surface area contributed by atoms with Gasteiger partial charge in [-0.15, -0.1) is 0 Å². The van der Waals surface area contributed by atoms with Gasteiger partial charge in [0, 0.05) is 11.5 Å². The Morgan fingerprint density at radius 2 is 1.74 bits per heavy atom. The van der Waals surface area contributed by atoms with Crippen molar-refractivity contribution in [3.05, 3.63) is 59.4 Å². The van der Waals surface area contributed by atoms with Crippen LogP contribution in [0.25, 0.3) is 22.2 Å². The molecule has 0 spiro atoms. The molecule has 3 nitrogen and oxygen atoms in total. The van der Waals surface area contributed by atoms with E-state index in [0.29, 0.717) is 11.3 Å². The number of hydrogen-bond acceptors (Lipinski definition) is 1. The molecule has 1 heterocycles. The number of carbonyl (C=O) groups is 1. The standard InChI is InChI=1S/C17H12F3NO2/c1-8(17(22)23)14-12-6-11(19)7-13(20)16(12)21-15(14)9-2-4-10(18)5-3-9/h2-8,21H,1H3,(H,22,23). The number of aromatic nitrogens is 1. The van der Waals surface area contributed by atoms with Crippen LogP contribution in [0.15, 0.2) is 36.4 Å². The first-order chi connectivity index (χ1) is 10.9. The zero-order valence-corrected chi connectivity index (χ0v) is 12.0. The largest absolute Gasteiger partial charge is 0.481 e. The van der Waals surface area contributed by atoms with Gasteiger partial charge in [-0.2, -0.15) is 0 Å². The number of halogens is 3. The van der Waals surface area contributed by atoms with Crippen molar-refractivity contribution in [2.24, 2.45) is 0 Å². The van der Waals surface area contributed by atoms with Crippen LogP contribution in [0, 0.1) is 17.5 Å². The van der Waals surface area contributed by atoms with Crippen LogP contribution in [-0.2, 0) is 4.79 Å². The first-order valence-electron chi connectivity index (χ1n) is 6.88. The Bertz CT molecular complexity index is 900. The maximum atomic E-state index is 14.0. The molecule has 0 radical (unpaired) electrons. The highest BCUT2D eigenvalue weighted by molar-refractivity contribution is 5.96. The van der Waals surface area contributed by atoms with Gasteiger partial charge in [0.15, 0.2) is 0 Å². The third kappa shape index (κ3) is 2.56. The Labute approximate surface area is 129 Å². The van der Waals surface area contributed by atoms with E-state index >= 15 is 0 Å². The average molecular weight is 319 g/mol. The molecule has 0 aliphatic carbocycles. The van der Waals surface area contributed by atoms with Gasteiger partial charge in [0.1, 0.15) is 17.5 Å². The summed E-state index contributed by atoms with van der Waals surface area (Å²) in [6, 6.07) is 7.15. The minimum Gasteiger partial charge on any atom is -0.481 e. The highest BCUT2D eigenvalue weighted by atomic mass is 19.1. The second-order valence-electron chi connectivity index (χ2n) is 5.29. The molecular weight excluding hydrogens is 307 g/mol. The first-order valence-corrected chi connectivity index (χ1v) is 6.88. The van der Waals surface area contributed by atoms with Gasteiger partial charge >= 0.3 is 5.97 Å². The fraction of sp³-hybridized carbons (Fsp3) is 0.118. The summed E-state index contributed by atoms with van der Waals surface area (Å²) in [6.07, 6.45) is 0. The highest BCUT2D eigenvalue weighted by Crippen LogP contribution is 2.37. The molecule has 2 N–H and O–H groups in total. The van der Waals surface area contributed by atoms with Crippen LogP contribution in [0.1, 0.15) is 18.4 Å². The SMILES string of the molecule is CC(C(=O)O)c1c(-c2ccc(F)cc2)[nH]c2c(F)cc(F)cc12. The molecule has 1 aromatic heterocycles. The highest BCUT2D eigenvalue weighted by Gasteiger charge is 2.25. The number of fused-ring (bicyclic) bond motifs is 1. The first kappa shape index (κ1) is 15.1. The van der Waals surface area contributed by atoms with Crippen molar-refractivity contribution in [1.29, 1.82) is 0 Å². The van der Waals surface area contributed by atoms with Crippen molar-refractivity contribution in [3.63, 3.8) is 0 Å². The van der Waals surface area contributed by atoms with Gasteiger partial charge in [0.05, 0.1) is 17.1 Å². The second kappa shape index (κ2) is 5.46. The van der Waals surface area contributed by atoms with E-state index in [1.807, 2.05) is 0 Å². The Hall–Kier alpha value is -2.76. The quantitative estimate of drug-likeness (QED) is 0.750. The number of carboxylic acid groups (broad SMARTS) is 1. The molecule has 1 unspecified atom stereocenters. The van der Waals surface area contributed by atoms with Crippen molar-refractivity contribution in [1.82, 2.24) is 4.98 Å². The van der Waals surface area contributed by atoms with E-state index in [2.05, 4.69) is 4.98 Å². The fourth-order valence-corrected chi connectivity index (χ4v) is 2.66. The maximum Gasteiger partial charge on any atom is 0.310 e. The molecule has 0 bridgehead atoms. The minimum absolute atomic E-state index is 0.0221. The summed E-state index contributed by atoms with van der Waals surface area (Å²) < 4.78 is 40.7. The zero-order chi connectivity index (χ0) is 16.7. The lowest BCUT2D eigenvalue weighted by Gasteiger charge is -2.09. The van der Waals surface area contributed by atoms with Crippen LogP contribution >= 0.6 is 0 Å². The number of nitrogens with one attached hydrogen (secondary N) is 1. The molecule has 118 valence electrons. The zero-order valence-electron chi connectivity index (χ0n) is 12.0. The van der Waals surface area contributed by atoms with Crippen LogP contribution in [0.4, 0.5) is 13.2 Å². The Morgan fingerprint density at radius 3 is 2.35 bits per heavy atom. The van der Waals surface area contributed by atoms with Crippen LogP contribution in [0.5, 0.6) is 0 Å². The molecule has 0 amide bonds. The van der Waals surface area contributed by atoms with Crippen LogP contribution < -0.4 is 0 Å². The van der Waals surface area contributed by atoms with Gasteiger partial charge in [0.2, 0.25) is 0 Å². The second-order valence-corrected chi connectivity index (χ2v) is 5.29. The van der Waals surface area contributed by atoms with Crippen molar-refractivity contribution < 1.29 is 23.1 Å². The number of carboxylic acids is 1. The normalized spacial score (nSPS) is 12.5. The van der Waals surface area contributed by atoms with Crippen molar-refractivity contribution in [2.75, 3.05) is 0 Å². The molecule has 0 aliphatic heterocycles. The molecule has 1 atom stereocenters. The fourth-order valence-electron chi connectivity index (χ4n) is 2.66. The summed E-state index contributed by atoms with van der Waals surface area (Å²) in [4.78, 5) is 14.2. The molecule has 3 aromatic rings. The van der Waals surface area contributed by atoms with E-state index in [-0.39, 0.29) is 16.5 Å². The Kier molecular flexibility index (Phi) is 3.60. The predicted octanol–water partition coefficient (Wildman–Crippen LogP) is 4.44. The molecule has 0 aliphatic rings. The molecule has 0 saturated heterocycles. The lowest BCUT2D eigenvalue weighted by Crippen LogP contribution is -2.08.